The summed E-state index contributed by atoms with van der Waals surface area (Å²) in [6, 6.07) is 0.338. The van der Waals surface area contributed by atoms with E-state index in [-0.39, 0.29) is 11.8 Å². The summed E-state index contributed by atoms with van der Waals surface area (Å²) in [6.45, 7) is 0. The first-order chi connectivity index (χ1) is 9.61. The van der Waals surface area contributed by atoms with Gasteiger partial charge in [-0.2, -0.15) is 0 Å². The quantitative estimate of drug-likeness (QED) is 0.829. The topological polar surface area (TPSA) is 66.4 Å². The molecule has 0 radical (unpaired) electrons. The molecule has 4 bridgehead atoms. The van der Waals surface area contributed by atoms with Gasteiger partial charge in [0, 0.05) is 6.04 Å². The van der Waals surface area contributed by atoms with Gasteiger partial charge in [0.15, 0.2) is 0 Å². The molecule has 0 aromatic rings. The Kier molecular flexibility index (Phi) is 2.83. The van der Waals surface area contributed by atoms with E-state index < -0.39 is 11.9 Å². The molecule has 0 aromatic carbocycles. The molecule has 1 amide bonds. The lowest BCUT2D eigenvalue weighted by Gasteiger charge is -2.54. The van der Waals surface area contributed by atoms with E-state index in [4.69, 9.17) is 5.11 Å². The van der Waals surface area contributed by atoms with E-state index in [2.05, 4.69) is 5.32 Å². The molecule has 5 aliphatic rings. The predicted octanol–water partition coefficient (Wildman–Crippen LogP) is 2.04. The van der Waals surface area contributed by atoms with Crippen LogP contribution in [0.1, 0.15) is 44.9 Å². The Bertz CT molecular complexity index is 419. The number of aliphatic carboxylic acids is 1. The number of hydrogen-bond donors (Lipinski definition) is 2. The number of carboxylic acids is 1. The van der Waals surface area contributed by atoms with Crippen LogP contribution in [0.2, 0.25) is 0 Å². The fraction of sp³-hybridized carbons (Fsp3) is 0.875. The van der Waals surface area contributed by atoms with Crippen LogP contribution in [-0.4, -0.2) is 23.0 Å². The molecule has 2 atom stereocenters. The van der Waals surface area contributed by atoms with E-state index >= 15 is 0 Å². The standard InChI is InChI=1S/C16H23NO3/c18-15(12-1-2-13(12)16(19)20)17-14-10-4-8-3-9(6-10)7-11(14)5-8/h8-14H,1-7H2,(H,17,18)(H,19,20). The molecule has 0 aromatic heterocycles. The maximum Gasteiger partial charge on any atom is 0.307 e. The molecule has 0 aliphatic heterocycles. The van der Waals surface area contributed by atoms with Crippen LogP contribution in [0.5, 0.6) is 0 Å². The Morgan fingerprint density at radius 3 is 1.85 bits per heavy atom. The molecule has 0 spiro atoms. The fourth-order valence-electron chi connectivity index (χ4n) is 5.54. The molecule has 5 aliphatic carbocycles. The average Bonchev–Trinajstić information content (AvgIpc) is 2.30. The second-order valence-electron chi connectivity index (χ2n) is 7.59. The van der Waals surface area contributed by atoms with E-state index in [1.165, 1.54) is 32.1 Å². The second kappa shape index (κ2) is 4.47. The Morgan fingerprint density at radius 1 is 0.850 bits per heavy atom. The van der Waals surface area contributed by atoms with Crippen molar-refractivity contribution < 1.29 is 14.7 Å². The van der Waals surface area contributed by atoms with E-state index in [0.29, 0.717) is 24.3 Å². The van der Waals surface area contributed by atoms with Crippen molar-refractivity contribution >= 4 is 11.9 Å². The first-order valence-corrected chi connectivity index (χ1v) is 8.15. The van der Waals surface area contributed by atoms with E-state index in [0.717, 1.165) is 18.3 Å². The minimum atomic E-state index is -0.804. The highest BCUT2D eigenvalue weighted by Crippen LogP contribution is 2.53. The maximum absolute atomic E-state index is 12.4. The number of hydrogen-bond acceptors (Lipinski definition) is 2. The van der Waals surface area contributed by atoms with Crippen molar-refractivity contribution in [1.82, 2.24) is 5.32 Å². The zero-order valence-electron chi connectivity index (χ0n) is 11.8. The number of carboxylic acid groups (broad SMARTS) is 1. The molecule has 4 heteroatoms. The molecule has 110 valence electrons. The summed E-state index contributed by atoms with van der Waals surface area (Å²) in [5.74, 6) is 1.64. The van der Waals surface area contributed by atoms with Gasteiger partial charge in [0.1, 0.15) is 0 Å². The van der Waals surface area contributed by atoms with Crippen molar-refractivity contribution in [3.8, 4) is 0 Å². The molecule has 5 rings (SSSR count). The molecule has 4 nitrogen and oxygen atoms in total. The minimum absolute atomic E-state index is 0.0149. The molecular weight excluding hydrogens is 254 g/mol. The van der Waals surface area contributed by atoms with Crippen molar-refractivity contribution in [3.63, 3.8) is 0 Å². The Labute approximate surface area is 119 Å². The van der Waals surface area contributed by atoms with Crippen molar-refractivity contribution in [3.05, 3.63) is 0 Å². The van der Waals surface area contributed by atoms with Gasteiger partial charge in [0.25, 0.3) is 0 Å². The highest BCUT2D eigenvalue weighted by molar-refractivity contribution is 5.86. The van der Waals surface area contributed by atoms with Crippen LogP contribution in [-0.2, 0) is 9.59 Å². The summed E-state index contributed by atoms with van der Waals surface area (Å²) in [5.41, 5.74) is 0. The number of nitrogens with one attached hydrogen (secondary N) is 1. The van der Waals surface area contributed by atoms with Crippen LogP contribution < -0.4 is 5.32 Å². The molecule has 2 unspecified atom stereocenters. The number of rotatable bonds is 3. The zero-order valence-corrected chi connectivity index (χ0v) is 11.8. The molecule has 2 N–H and O–H groups in total. The second-order valence-corrected chi connectivity index (χ2v) is 7.59. The van der Waals surface area contributed by atoms with Crippen molar-refractivity contribution in [2.75, 3.05) is 0 Å². The Morgan fingerprint density at radius 2 is 1.40 bits per heavy atom. The minimum Gasteiger partial charge on any atom is -0.481 e. The normalized spacial score (nSPS) is 48.7. The van der Waals surface area contributed by atoms with Gasteiger partial charge in [0.2, 0.25) is 5.91 Å². The zero-order chi connectivity index (χ0) is 13.9. The molecule has 5 saturated carbocycles. The lowest BCUT2D eigenvalue weighted by Crippen LogP contribution is -2.58. The lowest BCUT2D eigenvalue weighted by molar-refractivity contribution is -0.153. The lowest BCUT2D eigenvalue weighted by atomic mass is 9.54. The van der Waals surface area contributed by atoms with Gasteiger partial charge in [-0.3, -0.25) is 9.59 Å². The van der Waals surface area contributed by atoms with E-state index in [9.17, 15) is 9.59 Å². The number of carbonyl (C=O) groups excluding carboxylic acids is 1. The van der Waals surface area contributed by atoms with Gasteiger partial charge in [-0.05, 0) is 68.6 Å². The summed E-state index contributed by atoms with van der Waals surface area (Å²) in [4.78, 5) is 23.4. The largest absolute Gasteiger partial charge is 0.481 e. The van der Waals surface area contributed by atoms with Gasteiger partial charge in [0.05, 0.1) is 11.8 Å². The van der Waals surface area contributed by atoms with Gasteiger partial charge in [-0.1, -0.05) is 0 Å². The van der Waals surface area contributed by atoms with E-state index in [1.54, 1.807) is 0 Å². The SMILES string of the molecule is O=C(O)C1CCC1C(=O)NC1C2CC3CC(C2)CC1C3. The van der Waals surface area contributed by atoms with Gasteiger partial charge in [-0.25, -0.2) is 0 Å². The number of amides is 1. The Hall–Kier alpha value is -1.06. The summed E-state index contributed by atoms with van der Waals surface area (Å²) in [6.07, 6.45) is 7.95. The summed E-state index contributed by atoms with van der Waals surface area (Å²) in [7, 11) is 0. The van der Waals surface area contributed by atoms with E-state index in [1.807, 2.05) is 0 Å². The van der Waals surface area contributed by atoms with Crippen molar-refractivity contribution in [2.24, 2.45) is 35.5 Å². The third kappa shape index (κ3) is 1.87. The van der Waals surface area contributed by atoms with Crippen LogP contribution in [0.25, 0.3) is 0 Å². The average molecular weight is 277 g/mol. The van der Waals surface area contributed by atoms with Crippen LogP contribution >= 0.6 is 0 Å². The first kappa shape index (κ1) is 12.7. The van der Waals surface area contributed by atoms with Crippen LogP contribution in [0.15, 0.2) is 0 Å². The summed E-state index contributed by atoms with van der Waals surface area (Å²) < 4.78 is 0. The van der Waals surface area contributed by atoms with Crippen LogP contribution in [0.3, 0.4) is 0 Å². The molecular formula is C16H23NO3. The molecule has 5 fully saturated rings. The summed E-state index contributed by atoms with van der Waals surface area (Å²) >= 11 is 0. The smallest absolute Gasteiger partial charge is 0.307 e. The van der Waals surface area contributed by atoms with Crippen molar-refractivity contribution in [1.29, 1.82) is 0 Å². The molecule has 0 heterocycles. The fourth-order valence-corrected chi connectivity index (χ4v) is 5.54. The first-order valence-electron chi connectivity index (χ1n) is 8.15. The van der Waals surface area contributed by atoms with Gasteiger partial charge in [-0.15, -0.1) is 0 Å². The molecule has 20 heavy (non-hydrogen) atoms. The van der Waals surface area contributed by atoms with Crippen LogP contribution in [0, 0.1) is 35.5 Å². The highest BCUT2D eigenvalue weighted by atomic mass is 16.4. The monoisotopic (exact) mass is 277 g/mol. The van der Waals surface area contributed by atoms with Crippen LogP contribution in [0.4, 0.5) is 0 Å². The van der Waals surface area contributed by atoms with Gasteiger partial charge >= 0.3 is 5.97 Å². The van der Waals surface area contributed by atoms with Gasteiger partial charge < -0.3 is 10.4 Å². The Balaban J connectivity index is 1.42. The van der Waals surface area contributed by atoms with Crippen molar-refractivity contribution in [2.45, 2.75) is 51.0 Å². The highest BCUT2D eigenvalue weighted by Gasteiger charge is 2.50. The number of carbonyl (C=O) groups is 2. The summed E-state index contributed by atoms with van der Waals surface area (Å²) in [5, 5.41) is 12.3. The molecule has 0 saturated heterocycles. The maximum atomic E-state index is 12.4. The third-order valence-corrected chi connectivity index (χ3v) is 6.46. The third-order valence-electron chi connectivity index (χ3n) is 6.46. The predicted molar refractivity (Wildman–Crippen MR) is 72.8 cm³/mol.